The fourth-order valence-electron chi connectivity index (χ4n) is 7.12. The van der Waals surface area contributed by atoms with Crippen molar-refractivity contribution in [3.63, 3.8) is 0 Å². The van der Waals surface area contributed by atoms with Crippen molar-refractivity contribution in [3.05, 3.63) is 212 Å². The molecule has 0 aliphatic heterocycles. The summed E-state index contributed by atoms with van der Waals surface area (Å²) >= 11 is 0. The lowest BCUT2D eigenvalue weighted by Gasteiger charge is -2.16. The van der Waals surface area contributed by atoms with Crippen LogP contribution in [0, 0.1) is 0 Å². The first-order valence-electron chi connectivity index (χ1n) is 18.2. The van der Waals surface area contributed by atoms with Crippen LogP contribution in [0.3, 0.4) is 0 Å². The van der Waals surface area contributed by atoms with Gasteiger partial charge in [-0.05, 0) is 61.7 Å². The lowest BCUT2D eigenvalue weighted by Crippen LogP contribution is -2.02. The molecule has 0 spiro atoms. The summed E-state index contributed by atoms with van der Waals surface area (Å²) in [7, 11) is 0. The van der Waals surface area contributed by atoms with Gasteiger partial charge in [-0.1, -0.05) is 206 Å². The van der Waals surface area contributed by atoms with E-state index in [1.807, 2.05) is 12.1 Å². The quantitative estimate of drug-likeness (QED) is 0.159. The highest BCUT2D eigenvalue weighted by Gasteiger charge is 2.19. The van der Waals surface area contributed by atoms with E-state index in [0.717, 1.165) is 61.2 Å². The van der Waals surface area contributed by atoms with E-state index in [0.29, 0.717) is 17.5 Å². The maximum atomic E-state index is 5.30. The molecule has 0 bridgehead atoms. The summed E-state index contributed by atoms with van der Waals surface area (Å²) < 4.78 is 0. The Labute approximate surface area is 316 Å². The van der Waals surface area contributed by atoms with Crippen molar-refractivity contribution in [1.29, 1.82) is 0 Å². The Morgan fingerprint density at radius 3 is 1.07 bits per heavy atom. The summed E-state index contributed by atoms with van der Waals surface area (Å²) in [6, 6.07) is 74.0. The van der Waals surface area contributed by atoms with Crippen LogP contribution in [0.1, 0.15) is 0 Å². The van der Waals surface area contributed by atoms with Crippen molar-refractivity contribution < 1.29 is 0 Å². The molecule has 0 unspecified atom stereocenters. The Hall–Kier alpha value is -7.23. The zero-order valence-electron chi connectivity index (χ0n) is 29.5. The minimum Gasteiger partial charge on any atom is -0.208 e. The minimum absolute atomic E-state index is 0.618. The molecule has 0 saturated carbocycles. The van der Waals surface area contributed by atoms with Gasteiger partial charge in [-0.2, -0.15) is 0 Å². The normalized spacial score (nSPS) is 11.0. The van der Waals surface area contributed by atoms with Crippen molar-refractivity contribution in [2.24, 2.45) is 0 Å². The third kappa shape index (κ3) is 6.63. The monoisotopic (exact) mass is 689 g/mol. The molecule has 0 fully saturated rings. The van der Waals surface area contributed by atoms with E-state index in [1.165, 1.54) is 11.1 Å². The third-order valence-electron chi connectivity index (χ3n) is 9.80. The zero-order chi connectivity index (χ0) is 36.1. The first-order chi connectivity index (χ1) is 26.8. The van der Waals surface area contributed by atoms with Gasteiger partial charge >= 0.3 is 0 Å². The second-order valence-corrected chi connectivity index (χ2v) is 13.2. The van der Waals surface area contributed by atoms with Crippen LogP contribution in [-0.4, -0.2) is 15.0 Å². The summed E-state index contributed by atoms with van der Waals surface area (Å²) in [5.41, 5.74) is 14.0. The molecule has 8 aromatic carbocycles. The van der Waals surface area contributed by atoms with Crippen molar-refractivity contribution in [2.75, 3.05) is 0 Å². The number of hydrogen-bond donors (Lipinski definition) is 0. The fraction of sp³-hybridized carbons (Fsp3) is 0. The van der Waals surface area contributed by atoms with Gasteiger partial charge in [-0.25, -0.2) is 15.0 Å². The Kier molecular flexibility index (Phi) is 8.94. The average molecular weight is 690 g/mol. The van der Waals surface area contributed by atoms with E-state index in [2.05, 4.69) is 200 Å². The topological polar surface area (TPSA) is 38.7 Å². The molecule has 3 nitrogen and oxygen atoms in total. The molecule has 3 heteroatoms. The molecule has 0 atom stereocenters. The molecular formula is C51H35N3. The molecule has 0 radical (unpaired) electrons. The summed E-state index contributed by atoms with van der Waals surface area (Å²) in [5.74, 6) is 1.86. The van der Waals surface area contributed by atoms with E-state index in [1.54, 1.807) is 0 Å². The van der Waals surface area contributed by atoms with Gasteiger partial charge in [-0.15, -0.1) is 0 Å². The molecule has 0 N–H and O–H groups in total. The summed E-state index contributed by atoms with van der Waals surface area (Å²) in [5, 5.41) is 0. The molecule has 0 aliphatic carbocycles. The van der Waals surface area contributed by atoms with Crippen LogP contribution >= 0.6 is 0 Å². The number of rotatable bonds is 8. The Morgan fingerprint density at radius 2 is 0.500 bits per heavy atom. The molecule has 54 heavy (non-hydrogen) atoms. The van der Waals surface area contributed by atoms with Crippen LogP contribution in [0.4, 0.5) is 0 Å². The predicted molar refractivity (Wildman–Crippen MR) is 223 cm³/mol. The number of benzene rings is 8. The first-order valence-corrected chi connectivity index (χ1v) is 18.2. The lowest BCUT2D eigenvalue weighted by molar-refractivity contribution is 1.07. The zero-order valence-corrected chi connectivity index (χ0v) is 29.5. The molecule has 9 rings (SSSR count). The number of aromatic nitrogens is 3. The van der Waals surface area contributed by atoms with Gasteiger partial charge in [-0.3, -0.25) is 0 Å². The van der Waals surface area contributed by atoms with Crippen molar-refractivity contribution >= 4 is 0 Å². The summed E-state index contributed by atoms with van der Waals surface area (Å²) in [6.07, 6.45) is 0. The van der Waals surface area contributed by atoms with Crippen LogP contribution in [0.2, 0.25) is 0 Å². The van der Waals surface area contributed by atoms with Gasteiger partial charge in [0, 0.05) is 16.7 Å². The highest BCUT2D eigenvalue weighted by atomic mass is 15.0. The smallest absolute Gasteiger partial charge is 0.164 e. The Bertz CT molecular complexity index is 2690. The largest absolute Gasteiger partial charge is 0.208 e. The molecule has 254 valence electrons. The highest BCUT2D eigenvalue weighted by molar-refractivity contribution is 5.91. The minimum atomic E-state index is 0.618. The number of hydrogen-bond acceptors (Lipinski definition) is 3. The number of nitrogens with zero attached hydrogens (tertiary/aromatic N) is 3. The summed E-state index contributed by atoms with van der Waals surface area (Å²) in [6.45, 7) is 0. The molecule has 0 aliphatic rings. The highest BCUT2D eigenvalue weighted by Crippen LogP contribution is 2.39. The Morgan fingerprint density at radius 1 is 0.185 bits per heavy atom. The van der Waals surface area contributed by atoms with Crippen LogP contribution in [0.5, 0.6) is 0 Å². The van der Waals surface area contributed by atoms with Gasteiger partial charge in [0.25, 0.3) is 0 Å². The molecular weight excluding hydrogens is 655 g/mol. The molecule has 1 aromatic heterocycles. The van der Waals surface area contributed by atoms with Crippen molar-refractivity contribution in [3.8, 4) is 89.8 Å². The van der Waals surface area contributed by atoms with Crippen LogP contribution in [0.25, 0.3) is 89.8 Å². The maximum absolute atomic E-state index is 5.30. The second kappa shape index (κ2) is 14.8. The lowest BCUT2D eigenvalue weighted by atomic mass is 9.91. The molecule has 0 amide bonds. The van der Waals surface area contributed by atoms with Crippen LogP contribution in [0.15, 0.2) is 212 Å². The fourth-order valence-corrected chi connectivity index (χ4v) is 7.12. The van der Waals surface area contributed by atoms with Gasteiger partial charge in [0.1, 0.15) is 0 Å². The predicted octanol–water partition coefficient (Wildman–Crippen LogP) is 13.2. The van der Waals surface area contributed by atoms with E-state index < -0.39 is 0 Å². The first kappa shape index (κ1) is 32.7. The van der Waals surface area contributed by atoms with E-state index in [4.69, 9.17) is 15.0 Å². The molecule has 1 heterocycles. The van der Waals surface area contributed by atoms with E-state index in [9.17, 15) is 0 Å². The average Bonchev–Trinajstić information content (AvgIpc) is 3.27. The van der Waals surface area contributed by atoms with Gasteiger partial charge in [0.05, 0.1) is 0 Å². The van der Waals surface area contributed by atoms with Crippen LogP contribution < -0.4 is 0 Å². The summed E-state index contributed by atoms with van der Waals surface area (Å²) in [4.78, 5) is 15.8. The third-order valence-corrected chi connectivity index (χ3v) is 9.80. The van der Waals surface area contributed by atoms with Gasteiger partial charge in [0.15, 0.2) is 17.5 Å². The SMILES string of the molecule is c1ccc(-c2ccc(-c3ccccc3-c3nc(-c4cccc(-c5ccccc5)c4)nc(-c4ccccc4-c4ccccc4-c4ccccc4)n3)cc2)cc1. The second-order valence-electron chi connectivity index (χ2n) is 13.2. The standard InChI is InChI=1S/C51H35N3/c1-4-17-36(18-5-1)38-31-33-40(34-32-38)44-26-11-14-29-47(44)50-52-49(42-24-16-23-41(35-42)37-19-6-2-7-20-37)53-51(54-50)48-30-15-13-28-46(48)45-27-12-10-25-43(45)39-21-8-3-9-22-39/h1-35H. The van der Waals surface area contributed by atoms with Crippen LogP contribution in [-0.2, 0) is 0 Å². The van der Waals surface area contributed by atoms with Gasteiger partial charge in [0.2, 0.25) is 0 Å². The van der Waals surface area contributed by atoms with Crippen molar-refractivity contribution in [1.82, 2.24) is 15.0 Å². The Balaban J connectivity index is 1.23. The molecule has 9 aromatic rings. The van der Waals surface area contributed by atoms with Gasteiger partial charge < -0.3 is 0 Å². The van der Waals surface area contributed by atoms with Crippen molar-refractivity contribution in [2.45, 2.75) is 0 Å². The van der Waals surface area contributed by atoms with E-state index >= 15 is 0 Å². The maximum Gasteiger partial charge on any atom is 0.164 e. The molecule has 0 saturated heterocycles. The van der Waals surface area contributed by atoms with E-state index in [-0.39, 0.29) is 0 Å².